The van der Waals surface area contributed by atoms with E-state index >= 15 is 0 Å². The van der Waals surface area contributed by atoms with Gasteiger partial charge in [0.05, 0.1) is 5.75 Å². The standard InChI is InChI=1S/C17H25BrN2O3S/c1-3-13(2)19-17(21)15-7-9-20(10-8-15)24(22,23)12-14-5-4-6-16(18)11-14/h4-6,11,13,15H,3,7-10,12H2,1-2H3,(H,19,21)/t13-/m1/s1. The lowest BCUT2D eigenvalue weighted by Gasteiger charge is -2.31. The number of nitrogens with zero attached hydrogens (tertiary/aromatic N) is 1. The highest BCUT2D eigenvalue weighted by molar-refractivity contribution is 9.10. The molecule has 1 fully saturated rings. The number of halogens is 1. The van der Waals surface area contributed by atoms with Crippen molar-refractivity contribution in [3.8, 4) is 0 Å². The van der Waals surface area contributed by atoms with Crippen molar-refractivity contribution in [1.82, 2.24) is 9.62 Å². The van der Waals surface area contributed by atoms with Crippen molar-refractivity contribution in [1.29, 1.82) is 0 Å². The molecule has 1 aliphatic rings. The molecule has 1 N–H and O–H groups in total. The third-order valence-corrected chi connectivity index (χ3v) is 6.80. The van der Waals surface area contributed by atoms with Crippen LogP contribution >= 0.6 is 15.9 Å². The van der Waals surface area contributed by atoms with Gasteiger partial charge in [0, 0.05) is 29.5 Å². The lowest BCUT2D eigenvalue weighted by molar-refractivity contribution is -0.126. The summed E-state index contributed by atoms with van der Waals surface area (Å²) in [5.74, 6) is -0.0411. The van der Waals surface area contributed by atoms with Crippen molar-refractivity contribution >= 4 is 31.9 Å². The van der Waals surface area contributed by atoms with Crippen LogP contribution in [0.25, 0.3) is 0 Å². The Morgan fingerprint density at radius 1 is 1.38 bits per heavy atom. The number of carbonyl (C=O) groups is 1. The Morgan fingerprint density at radius 2 is 2.04 bits per heavy atom. The van der Waals surface area contributed by atoms with E-state index < -0.39 is 10.0 Å². The van der Waals surface area contributed by atoms with E-state index in [1.165, 1.54) is 4.31 Å². The zero-order chi connectivity index (χ0) is 17.7. The Kier molecular flexibility index (Phi) is 6.83. The smallest absolute Gasteiger partial charge is 0.223 e. The van der Waals surface area contributed by atoms with Gasteiger partial charge < -0.3 is 5.32 Å². The Labute approximate surface area is 153 Å². The van der Waals surface area contributed by atoms with Crippen molar-refractivity contribution in [2.45, 2.75) is 44.9 Å². The highest BCUT2D eigenvalue weighted by atomic mass is 79.9. The minimum absolute atomic E-state index is 0.00380. The Hall–Kier alpha value is -0.920. The summed E-state index contributed by atoms with van der Waals surface area (Å²) in [6.07, 6.45) is 2.06. The quantitative estimate of drug-likeness (QED) is 0.774. The van der Waals surface area contributed by atoms with E-state index in [1.54, 1.807) is 0 Å². The largest absolute Gasteiger partial charge is 0.353 e. The molecule has 0 saturated carbocycles. The molecule has 2 rings (SSSR count). The summed E-state index contributed by atoms with van der Waals surface area (Å²) in [6, 6.07) is 7.51. The third-order valence-electron chi connectivity index (χ3n) is 4.46. The minimum Gasteiger partial charge on any atom is -0.353 e. The highest BCUT2D eigenvalue weighted by Crippen LogP contribution is 2.23. The van der Waals surface area contributed by atoms with Crippen LogP contribution in [0.4, 0.5) is 0 Å². The average molecular weight is 417 g/mol. The number of carbonyl (C=O) groups excluding carboxylic acids is 1. The van der Waals surface area contributed by atoms with Crippen molar-refractivity contribution < 1.29 is 13.2 Å². The zero-order valence-corrected chi connectivity index (χ0v) is 16.6. The number of amides is 1. The van der Waals surface area contributed by atoms with Crippen LogP contribution in [0.5, 0.6) is 0 Å². The van der Waals surface area contributed by atoms with Crippen molar-refractivity contribution in [2.24, 2.45) is 5.92 Å². The topological polar surface area (TPSA) is 66.5 Å². The molecule has 24 heavy (non-hydrogen) atoms. The molecule has 5 nitrogen and oxygen atoms in total. The molecule has 0 aliphatic carbocycles. The molecule has 1 atom stereocenters. The molecule has 1 aromatic carbocycles. The fourth-order valence-electron chi connectivity index (χ4n) is 2.79. The molecule has 1 amide bonds. The van der Waals surface area contributed by atoms with E-state index in [-0.39, 0.29) is 23.6 Å². The lowest BCUT2D eigenvalue weighted by Crippen LogP contribution is -2.44. The van der Waals surface area contributed by atoms with Gasteiger partial charge in [-0.25, -0.2) is 12.7 Å². The molecule has 0 bridgehead atoms. The lowest BCUT2D eigenvalue weighted by atomic mass is 9.97. The Morgan fingerprint density at radius 3 is 2.62 bits per heavy atom. The fraction of sp³-hybridized carbons (Fsp3) is 0.588. The predicted octanol–water partition coefficient (Wildman–Crippen LogP) is 2.91. The molecule has 1 saturated heterocycles. The van der Waals surface area contributed by atoms with Gasteiger partial charge in [-0.1, -0.05) is 35.0 Å². The number of benzene rings is 1. The summed E-state index contributed by atoms with van der Waals surface area (Å²) in [5, 5.41) is 2.99. The monoisotopic (exact) mass is 416 g/mol. The molecule has 1 aromatic rings. The number of nitrogens with one attached hydrogen (secondary N) is 1. The van der Waals surface area contributed by atoms with Gasteiger partial charge >= 0.3 is 0 Å². The van der Waals surface area contributed by atoms with Gasteiger partial charge in [0.2, 0.25) is 15.9 Å². The second-order valence-electron chi connectivity index (χ2n) is 6.38. The first-order valence-electron chi connectivity index (χ1n) is 8.34. The number of hydrogen-bond donors (Lipinski definition) is 1. The van der Waals surface area contributed by atoms with Gasteiger partial charge in [0.1, 0.15) is 0 Å². The highest BCUT2D eigenvalue weighted by Gasteiger charge is 2.31. The normalized spacial score (nSPS) is 18.3. The van der Waals surface area contributed by atoms with Crippen LogP contribution in [0.1, 0.15) is 38.7 Å². The SMILES string of the molecule is CC[C@@H](C)NC(=O)C1CCN(S(=O)(=O)Cc2cccc(Br)c2)CC1. The number of sulfonamides is 1. The Bertz CT molecular complexity index is 670. The molecule has 0 spiro atoms. The van der Waals surface area contributed by atoms with Gasteiger partial charge in [0.15, 0.2) is 0 Å². The molecule has 1 aliphatic heterocycles. The first-order chi connectivity index (χ1) is 11.3. The van der Waals surface area contributed by atoms with E-state index in [4.69, 9.17) is 0 Å². The van der Waals surface area contributed by atoms with Gasteiger partial charge in [-0.2, -0.15) is 0 Å². The average Bonchev–Trinajstić information content (AvgIpc) is 2.54. The second-order valence-corrected chi connectivity index (χ2v) is 9.26. The summed E-state index contributed by atoms with van der Waals surface area (Å²) < 4.78 is 27.5. The second kappa shape index (κ2) is 8.45. The van der Waals surface area contributed by atoms with Gasteiger partial charge in [-0.15, -0.1) is 0 Å². The van der Waals surface area contributed by atoms with Crippen LogP contribution in [-0.2, 0) is 20.6 Å². The summed E-state index contributed by atoms with van der Waals surface area (Å²) in [5.41, 5.74) is 0.765. The molecular formula is C17H25BrN2O3S. The van der Waals surface area contributed by atoms with Gasteiger partial charge in [-0.3, -0.25) is 4.79 Å². The first kappa shape index (κ1) is 19.4. The zero-order valence-electron chi connectivity index (χ0n) is 14.2. The molecule has 0 aromatic heterocycles. The summed E-state index contributed by atoms with van der Waals surface area (Å²) in [7, 11) is -3.35. The number of hydrogen-bond acceptors (Lipinski definition) is 3. The van der Waals surface area contributed by atoms with Crippen LogP contribution in [0, 0.1) is 5.92 Å². The maximum atomic E-state index is 12.6. The summed E-state index contributed by atoms with van der Waals surface area (Å²) in [6.45, 7) is 4.83. The van der Waals surface area contributed by atoms with E-state index in [9.17, 15) is 13.2 Å². The van der Waals surface area contributed by atoms with Crippen molar-refractivity contribution in [2.75, 3.05) is 13.1 Å². The van der Waals surface area contributed by atoms with Crippen LogP contribution in [0.15, 0.2) is 28.7 Å². The predicted molar refractivity (Wildman–Crippen MR) is 99.0 cm³/mol. The Balaban J connectivity index is 1.92. The molecule has 0 unspecified atom stereocenters. The van der Waals surface area contributed by atoms with E-state index in [0.29, 0.717) is 25.9 Å². The molecule has 1 heterocycles. The first-order valence-corrected chi connectivity index (χ1v) is 10.7. The van der Waals surface area contributed by atoms with Gasteiger partial charge in [0.25, 0.3) is 0 Å². The van der Waals surface area contributed by atoms with Crippen LogP contribution in [0.3, 0.4) is 0 Å². The third kappa shape index (κ3) is 5.29. The van der Waals surface area contributed by atoms with Crippen LogP contribution in [-0.4, -0.2) is 37.8 Å². The molecule has 134 valence electrons. The summed E-state index contributed by atoms with van der Waals surface area (Å²) in [4.78, 5) is 12.2. The molecular weight excluding hydrogens is 392 g/mol. The number of piperidine rings is 1. The van der Waals surface area contributed by atoms with Crippen LogP contribution < -0.4 is 5.32 Å². The van der Waals surface area contributed by atoms with Gasteiger partial charge in [-0.05, 0) is 43.9 Å². The number of rotatable bonds is 6. The van der Waals surface area contributed by atoms with E-state index in [0.717, 1.165) is 16.5 Å². The van der Waals surface area contributed by atoms with Crippen LogP contribution in [0.2, 0.25) is 0 Å². The molecule has 0 radical (unpaired) electrons. The molecule has 7 heteroatoms. The van der Waals surface area contributed by atoms with E-state index in [2.05, 4.69) is 21.2 Å². The van der Waals surface area contributed by atoms with E-state index in [1.807, 2.05) is 38.1 Å². The maximum Gasteiger partial charge on any atom is 0.223 e. The van der Waals surface area contributed by atoms with Crippen molar-refractivity contribution in [3.05, 3.63) is 34.3 Å². The fourth-order valence-corrected chi connectivity index (χ4v) is 4.78. The summed E-state index contributed by atoms with van der Waals surface area (Å²) >= 11 is 3.36. The van der Waals surface area contributed by atoms with Crippen molar-refractivity contribution in [3.63, 3.8) is 0 Å². The minimum atomic E-state index is -3.35. The maximum absolute atomic E-state index is 12.6.